The van der Waals surface area contributed by atoms with Crippen molar-refractivity contribution in [3.8, 4) is 0 Å². The fourth-order valence-corrected chi connectivity index (χ4v) is 17.7. The molecule has 44 heavy (non-hydrogen) atoms. The number of allylic oxidation sites excluding steroid dienone is 8. The van der Waals surface area contributed by atoms with E-state index in [0.29, 0.717) is 17.8 Å². The van der Waals surface area contributed by atoms with Crippen molar-refractivity contribution < 1.29 is 0 Å². The maximum atomic E-state index is 2.86. The summed E-state index contributed by atoms with van der Waals surface area (Å²) in [4.78, 5) is 0. The second-order valence-electron chi connectivity index (χ2n) is 17.2. The first-order chi connectivity index (χ1) is 21.0. The van der Waals surface area contributed by atoms with Gasteiger partial charge in [0.2, 0.25) is 0 Å². The molecule has 2 aromatic rings. The minimum atomic E-state index is -1.73. The molecule has 2 aromatic carbocycles. The van der Waals surface area contributed by atoms with Gasteiger partial charge in [-0.3, -0.25) is 0 Å². The molecule has 0 radical (unpaired) electrons. The van der Waals surface area contributed by atoms with Gasteiger partial charge in [0.05, 0.1) is 8.07 Å². The summed E-state index contributed by atoms with van der Waals surface area (Å²) < 4.78 is 0. The number of rotatable bonds is 5. The Labute approximate surface area is 269 Å². The van der Waals surface area contributed by atoms with Crippen LogP contribution in [0.5, 0.6) is 0 Å². The van der Waals surface area contributed by atoms with Crippen LogP contribution in [0.25, 0.3) is 11.1 Å². The first-order valence-corrected chi connectivity index (χ1v) is 21.1. The predicted molar refractivity (Wildman–Crippen MR) is 193 cm³/mol. The molecular weight excluding hydrogens is 545 g/mol. The summed E-state index contributed by atoms with van der Waals surface area (Å²) >= 11 is 0. The van der Waals surface area contributed by atoms with Crippen LogP contribution < -0.4 is 0 Å². The van der Waals surface area contributed by atoms with Crippen LogP contribution in [0.1, 0.15) is 90.3 Å². The molecule has 0 bridgehead atoms. The molecule has 3 fully saturated rings. The van der Waals surface area contributed by atoms with Gasteiger partial charge < -0.3 is 0 Å². The van der Waals surface area contributed by atoms with Gasteiger partial charge in [0.25, 0.3) is 0 Å². The van der Waals surface area contributed by atoms with Crippen molar-refractivity contribution in [1.82, 2.24) is 0 Å². The standard InChI is InChI=1S/C43H56Si/c1-27(2)36-26-37-33(29-20-22-32(23-21-29)43(4,5)6)17-13-19-35(37)42(36)44(7,8)41-28(3)24-38-39(41)25-31-16-12-18-34(31)40(38)30-14-10-9-11-15-30/h9-11,13-15,17,19-23,25,27-28,35-39,41-42H,12,16,18,24,26H2,1-8H3. The molecule has 0 aliphatic heterocycles. The summed E-state index contributed by atoms with van der Waals surface area (Å²) in [6, 6.07) is 21.2. The second-order valence-corrected chi connectivity index (χ2v) is 22.2. The molecule has 0 aromatic heterocycles. The Balaban J connectivity index is 1.24. The predicted octanol–water partition coefficient (Wildman–Crippen LogP) is 12.1. The van der Waals surface area contributed by atoms with E-state index in [1.807, 2.05) is 0 Å². The zero-order valence-electron chi connectivity index (χ0n) is 28.7. The van der Waals surface area contributed by atoms with Crippen LogP contribution in [0.4, 0.5) is 0 Å². The van der Waals surface area contributed by atoms with Crippen LogP contribution in [0.15, 0.2) is 90.0 Å². The Morgan fingerprint density at radius 3 is 2.20 bits per heavy atom. The van der Waals surface area contributed by atoms with Gasteiger partial charge in [0.15, 0.2) is 0 Å². The molecule has 8 atom stereocenters. The normalized spacial score (nSPS) is 33.3. The van der Waals surface area contributed by atoms with Gasteiger partial charge in [-0.25, -0.2) is 0 Å². The lowest BCUT2D eigenvalue weighted by Gasteiger charge is -2.47. The van der Waals surface area contributed by atoms with Crippen LogP contribution in [-0.2, 0) is 5.41 Å². The Bertz CT molecular complexity index is 1500. The molecule has 5 aliphatic carbocycles. The highest BCUT2D eigenvalue weighted by atomic mass is 28.3. The Morgan fingerprint density at radius 1 is 0.795 bits per heavy atom. The van der Waals surface area contributed by atoms with Crippen molar-refractivity contribution >= 4 is 19.2 Å². The molecule has 3 saturated carbocycles. The highest BCUT2D eigenvalue weighted by molar-refractivity contribution is 6.80. The molecule has 232 valence electrons. The largest absolute Gasteiger partial charge is 0.0808 e. The molecular formula is C43H56Si. The Kier molecular flexibility index (Phi) is 7.67. The SMILES string of the molecule is CC(C)C1CC2C(c3ccc(C(C)(C)C)cc3)=CC=CC2C1[Si](C)(C)C1C(C)CC2C(c3ccccc3)=C3CCCC3=CC21. The highest BCUT2D eigenvalue weighted by Gasteiger charge is 2.59. The van der Waals surface area contributed by atoms with Crippen LogP contribution in [-0.4, -0.2) is 8.07 Å². The Hall–Kier alpha value is -2.38. The van der Waals surface area contributed by atoms with E-state index in [0.717, 1.165) is 34.8 Å². The van der Waals surface area contributed by atoms with E-state index < -0.39 is 8.07 Å². The van der Waals surface area contributed by atoms with Gasteiger partial charge in [-0.1, -0.05) is 134 Å². The van der Waals surface area contributed by atoms with Gasteiger partial charge in [0.1, 0.15) is 0 Å². The van der Waals surface area contributed by atoms with Gasteiger partial charge in [-0.2, -0.15) is 0 Å². The zero-order valence-corrected chi connectivity index (χ0v) is 29.7. The van der Waals surface area contributed by atoms with Crippen LogP contribution in [0.2, 0.25) is 24.2 Å². The lowest BCUT2D eigenvalue weighted by Crippen LogP contribution is -2.46. The van der Waals surface area contributed by atoms with E-state index in [4.69, 9.17) is 0 Å². The average Bonchev–Trinajstić information content (AvgIpc) is 3.70. The molecule has 0 nitrogen and oxygen atoms in total. The average molecular weight is 601 g/mol. The molecule has 0 amide bonds. The van der Waals surface area contributed by atoms with Gasteiger partial charge in [0, 0.05) is 0 Å². The first-order valence-electron chi connectivity index (χ1n) is 18.0. The van der Waals surface area contributed by atoms with Crippen molar-refractivity contribution in [2.24, 2.45) is 41.4 Å². The van der Waals surface area contributed by atoms with Crippen molar-refractivity contribution in [2.75, 3.05) is 0 Å². The summed E-state index contributed by atoms with van der Waals surface area (Å²) in [5.74, 6) is 5.09. The van der Waals surface area contributed by atoms with Crippen molar-refractivity contribution in [2.45, 2.75) is 103 Å². The van der Waals surface area contributed by atoms with Gasteiger partial charge in [-0.15, -0.1) is 0 Å². The van der Waals surface area contributed by atoms with E-state index in [1.165, 1.54) is 48.8 Å². The van der Waals surface area contributed by atoms with E-state index >= 15 is 0 Å². The third-order valence-corrected chi connectivity index (χ3v) is 18.3. The maximum absolute atomic E-state index is 2.86. The van der Waals surface area contributed by atoms with Crippen molar-refractivity contribution in [3.63, 3.8) is 0 Å². The van der Waals surface area contributed by atoms with E-state index in [1.54, 1.807) is 22.3 Å². The minimum absolute atomic E-state index is 0.192. The summed E-state index contributed by atoms with van der Waals surface area (Å²) in [7, 11) is -1.73. The summed E-state index contributed by atoms with van der Waals surface area (Å²) in [5.41, 5.74) is 13.1. The van der Waals surface area contributed by atoms with E-state index in [9.17, 15) is 0 Å². The van der Waals surface area contributed by atoms with Crippen LogP contribution in [0, 0.1) is 41.4 Å². The van der Waals surface area contributed by atoms with Crippen molar-refractivity contribution in [1.29, 1.82) is 0 Å². The highest BCUT2D eigenvalue weighted by Crippen LogP contribution is 2.67. The number of benzene rings is 2. The van der Waals surface area contributed by atoms with Gasteiger partial charge in [-0.05, 0) is 129 Å². The summed E-state index contributed by atoms with van der Waals surface area (Å²) in [6.45, 7) is 20.4. The lowest BCUT2D eigenvalue weighted by molar-refractivity contribution is 0.372. The third-order valence-electron chi connectivity index (χ3n) is 13.1. The van der Waals surface area contributed by atoms with Crippen LogP contribution >= 0.6 is 0 Å². The second kappa shape index (κ2) is 11.1. The third kappa shape index (κ3) is 4.92. The fourth-order valence-electron chi connectivity index (χ4n) is 11.4. The van der Waals surface area contributed by atoms with Crippen LogP contribution in [0.3, 0.4) is 0 Å². The lowest BCUT2D eigenvalue weighted by atomic mass is 9.76. The van der Waals surface area contributed by atoms with E-state index in [-0.39, 0.29) is 5.41 Å². The Morgan fingerprint density at radius 2 is 1.52 bits per heavy atom. The van der Waals surface area contributed by atoms with Gasteiger partial charge >= 0.3 is 0 Å². The summed E-state index contributed by atoms with van der Waals surface area (Å²) in [6.07, 6.45) is 17.1. The molecule has 5 aliphatic rings. The molecule has 0 saturated heterocycles. The molecule has 0 N–H and O–H groups in total. The zero-order chi connectivity index (χ0) is 31.0. The molecule has 7 rings (SSSR count). The molecule has 8 unspecified atom stereocenters. The topological polar surface area (TPSA) is 0 Å². The first kappa shape index (κ1) is 30.3. The maximum Gasteiger partial charge on any atom is 0.0553 e. The molecule has 0 heterocycles. The van der Waals surface area contributed by atoms with Crippen molar-refractivity contribution in [3.05, 3.63) is 107 Å². The molecule has 1 heteroatoms. The number of hydrogen-bond donors (Lipinski definition) is 0. The smallest absolute Gasteiger partial charge is 0.0553 e. The number of fused-ring (bicyclic) bond motifs is 3. The van der Waals surface area contributed by atoms with E-state index in [2.05, 4.69) is 134 Å². The molecule has 0 spiro atoms. The fraction of sp³-hybridized carbons (Fsp3) is 0.535. The quantitative estimate of drug-likeness (QED) is 0.299. The monoisotopic (exact) mass is 600 g/mol. The summed E-state index contributed by atoms with van der Waals surface area (Å²) in [5, 5.41) is 0. The number of hydrogen-bond acceptors (Lipinski definition) is 0. The minimum Gasteiger partial charge on any atom is -0.0808 e.